The summed E-state index contributed by atoms with van der Waals surface area (Å²) in [5.74, 6) is -0.301. The highest BCUT2D eigenvalue weighted by Gasteiger charge is 2.32. The van der Waals surface area contributed by atoms with Gasteiger partial charge in [0.1, 0.15) is 5.75 Å². The van der Waals surface area contributed by atoms with E-state index in [9.17, 15) is 19.5 Å². The summed E-state index contributed by atoms with van der Waals surface area (Å²) in [6.07, 6.45) is 1.44. The molecular formula is C24H25IN4O7. The van der Waals surface area contributed by atoms with Gasteiger partial charge in [0.2, 0.25) is 0 Å². The van der Waals surface area contributed by atoms with Crippen molar-refractivity contribution in [1.82, 2.24) is 16.1 Å². The number of halogens is 1. The van der Waals surface area contributed by atoms with Gasteiger partial charge in [0.15, 0.2) is 18.1 Å². The van der Waals surface area contributed by atoms with Crippen LogP contribution in [0.5, 0.6) is 17.2 Å². The van der Waals surface area contributed by atoms with Gasteiger partial charge in [0.05, 0.1) is 35.1 Å². The van der Waals surface area contributed by atoms with Gasteiger partial charge in [-0.05, 0) is 77.9 Å². The number of carbonyl (C=O) groups excluding carboxylic acids is 3. The van der Waals surface area contributed by atoms with Gasteiger partial charge in [-0.15, -0.1) is 0 Å². The highest BCUT2D eigenvalue weighted by Crippen LogP contribution is 2.34. The van der Waals surface area contributed by atoms with Crippen molar-refractivity contribution in [2.75, 3.05) is 20.3 Å². The summed E-state index contributed by atoms with van der Waals surface area (Å²) >= 11 is 1.99. The first kappa shape index (κ1) is 26.8. The Morgan fingerprint density at radius 3 is 2.69 bits per heavy atom. The normalized spacial score (nSPS) is 15.2. The Morgan fingerprint density at radius 2 is 2.00 bits per heavy atom. The lowest BCUT2D eigenvalue weighted by Crippen LogP contribution is -2.45. The second kappa shape index (κ2) is 12.2. The van der Waals surface area contributed by atoms with Crippen LogP contribution in [-0.2, 0) is 14.3 Å². The Balaban J connectivity index is 1.68. The number of hydrogen-bond acceptors (Lipinski definition) is 8. The molecule has 3 rings (SSSR count). The van der Waals surface area contributed by atoms with Crippen molar-refractivity contribution in [3.8, 4) is 17.2 Å². The molecule has 2 aromatic carbocycles. The predicted molar refractivity (Wildman–Crippen MR) is 139 cm³/mol. The van der Waals surface area contributed by atoms with Crippen molar-refractivity contribution in [2.45, 2.75) is 19.9 Å². The van der Waals surface area contributed by atoms with E-state index in [-0.39, 0.29) is 30.3 Å². The standard InChI is InChI=1S/C24H25IN4O7/c1-4-35-23(32)21-13(2)27-24(33)28-22(21)15-6-8-18(19(10-15)34-3)36-12-20(31)29-26-11-14-5-7-17(30)16(25)9-14/h5-11,22,30H,4,12H2,1-3H3,(H,29,31)(H2,27,28,33)/b26-11-/t22-/m0/s1. The van der Waals surface area contributed by atoms with Crippen LogP contribution in [0.1, 0.15) is 31.0 Å². The van der Waals surface area contributed by atoms with Crippen LogP contribution in [0.4, 0.5) is 4.79 Å². The summed E-state index contributed by atoms with van der Waals surface area (Å²) in [6, 6.07) is 8.53. The van der Waals surface area contributed by atoms with E-state index in [1.54, 1.807) is 44.2 Å². The molecule has 0 aliphatic carbocycles. The molecule has 190 valence electrons. The molecule has 3 amide bonds. The topological polar surface area (TPSA) is 148 Å². The highest BCUT2D eigenvalue weighted by molar-refractivity contribution is 14.1. The second-order valence-electron chi connectivity index (χ2n) is 7.49. The fraction of sp³-hybridized carbons (Fsp3) is 0.250. The maximum absolute atomic E-state index is 12.5. The quantitative estimate of drug-likeness (QED) is 0.148. The third kappa shape index (κ3) is 6.65. The van der Waals surface area contributed by atoms with Gasteiger partial charge in [-0.2, -0.15) is 5.10 Å². The zero-order valence-corrected chi connectivity index (χ0v) is 21.9. The number of allylic oxidation sites excluding steroid dienone is 1. The first-order valence-electron chi connectivity index (χ1n) is 10.8. The third-order valence-electron chi connectivity index (χ3n) is 5.02. The molecule has 11 nitrogen and oxygen atoms in total. The van der Waals surface area contributed by atoms with E-state index < -0.39 is 23.9 Å². The number of esters is 1. The Labute approximate surface area is 221 Å². The Hall–Kier alpha value is -3.81. The van der Waals surface area contributed by atoms with E-state index in [1.807, 2.05) is 22.6 Å². The number of hydrazone groups is 1. The maximum Gasteiger partial charge on any atom is 0.338 e. The molecule has 0 saturated carbocycles. The monoisotopic (exact) mass is 608 g/mol. The molecule has 1 heterocycles. The zero-order chi connectivity index (χ0) is 26.2. The van der Waals surface area contributed by atoms with Crippen molar-refractivity contribution in [3.63, 3.8) is 0 Å². The number of phenols is 1. The molecule has 0 saturated heterocycles. The smallest absolute Gasteiger partial charge is 0.338 e. The average Bonchev–Trinajstić information content (AvgIpc) is 2.84. The van der Waals surface area contributed by atoms with Gasteiger partial charge >= 0.3 is 12.0 Å². The van der Waals surface area contributed by atoms with Crippen LogP contribution >= 0.6 is 22.6 Å². The number of nitrogens with one attached hydrogen (secondary N) is 3. The summed E-state index contributed by atoms with van der Waals surface area (Å²) in [6.45, 7) is 3.17. The molecule has 0 aromatic heterocycles. The molecule has 0 fully saturated rings. The minimum absolute atomic E-state index is 0.163. The molecule has 0 unspecified atom stereocenters. The number of aromatic hydroxyl groups is 1. The molecule has 36 heavy (non-hydrogen) atoms. The van der Waals surface area contributed by atoms with Crippen molar-refractivity contribution in [1.29, 1.82) is 0 Å². The van der Waals surface area contributed by atoms with Gasteiger partial charge in [-0.3, -0.25) is 4.79 Å². The Morgan fingerprint density at radius 1 is 1.22 bits per heavy atom. The summed E-state index contributed by atoms with van der Waals surface area (Å²) in [5.41, 5.74) is 4.29. The van der Waals surface area contributed by atoms with Crippen molar-refractivity contribution in [3.05, 3.63) is 62.4 Å². The molecule has 1 atom stereocenters. The second-order valence-corrected chi connectivity index (χ2v) is 8.66. The van der Waals surface area contributed by atoms with Crippen LogP contribution in [0.3, 0.4) is 0 Å². The Bertz CT molecular complexity index is 1230. The fourth-order valence-corrected chi connectivity index (χ4v) is 3.90. The lowest BCUT2D eigenvalue weighted by Gasteiger charge is -2.28. The van der Waals surface area contributed by atoms with Gasteiger partial charge in [0.25, 0.3) is 5.91 Å². The van der Waals surface area contributed by atoms with Gasteiger partial charge < -0.3 is 30.0 Å². The molecule has 0 spiro atoms. The number of methoxy groups -OCH3 is 1. The number of ether oxygens (including phenoxy) is 3. The van der Waals surface area contributed by atoms with Crippen LogP contribution in [0, 0.1) is 3.57 Å². The summed E-state index contributed by atoms with van der Waals surface area (Å²) in [7, 11) is 1.43. The van der Waals surface area contributed by atoms with E-state index in [0.717, 1.165) is 0 Å². The minimum Gasteiger partial charge on any atom is -0.507 e. The molecule has 0 bridgehead atoms. The number of benzene rings is 2. The van der Waals surface area contributed by atoms with Crippen molar-refractivity contribution in [2.24, 2.45) is 5.10 Å². The van der Waals surface area contributed by atoms with Crippen molar-refractivity contribution < 1.29 is 33.7 Å². The molecule has 1 aliphatic rings. The molecule has 12 heteroatoms. The first-order valence-corrected chi connectivity index (χ1v) is 11.9. The van der Waals surface area contributed by atoms with Crippen LogP contribution in [0.2, 0.25) is 0 Å². The molecule has 1 aliphatic heterocycles. The maximum atomic E-state index is 12.5. The molecule has 4 N–H and O–H groups in total. The number of nitrogens with zero attached hydrogens (tertiary/aromatic N) is 1. The summed E-state index contributed by atoms with van der Waals surface area (Å²) < 4.78 is 16.8. The average molecular weight is 608 g/mol. The first-order chi connectivity index (χ1) is 17.2. The fourth-order valence-electron chi connectivity index (χ4n) is 3.36. The largest absolute Gasteiger partial charge is 0.507 e. The van der Waals surface area contributed by atoms with Gasteiger partial charge in [-0.1, -0.05) is 6.07 Å². The third-order valence-corrected chi connectivity index (χ3v) is 5.88. The van der Waals surface area contributed by atoms with E-state index >= 15 is 0 Å². The predicted octanol–water partition coefficient (Wildman–Crippen LogP) is 2.73. The minimum atomic E-state index is -0.763. The molecular weight excluding hydrogens is 583 g/mol. The van der Waals surface area contributed by atoms with Crippen LogP contribution in [0.25, 0.3) is 0 Å². The van der Waals surface area contributed by atoms with E-state index in [4.69, 9.17) is 14.2 Å². The van der Waals surface area contributed by atoms with Gasteiger partial charge in [-0.25, -0.2) is 15.0 Å². The number of hydrogen-bond donors (Lipinski definition) is 4. The lowest BCUT2D eigenvalue weighted by molar-refractivity contribution is -0.139. The van der Waals surface area contributed by atoms with Gasteiger partial charge in [0, 0.05) is 5.70 Å². The summed E-state index contributed by atoms with van der Waals surface area (Å²) in [5, 5.41) is 18.7. The number of phenolic OH excluding ortho intramolecular Hbond substituents is 1. The number of rotatable bonds is 9. The van der Waals surface area contributed by atoms with E-state index in [1.165, 1.54) is 19.4 Å². The van der Waals surface area contributed by atoms with Crippen LogP contribution in [-0.4, -0.2) is 49.6 Å². The zero-order valence-electron chi connectivity index (χ0n) is 19.8. The Kier molecular flexibility index (Phi) is 9.11. The lowest BCUT2D eigenvalue weighted by atomic mass is 9.95. The van der Waals surface area contributed by atoms with E-state index in [2.05, 4.69) is 21.2 Å². The highest BCUT2D eigenvalue weighted by atomic mass is 127. The molecule has 0 radical (unpaired) electrons. The summed E-state index contributed by atoms with van der Waals surface area (Å²) in [4.78, 5) is 36.7. The number of urea groups is 1. The van der Waals surface area contributed by atoms with Crippen LogP contribution in [0.15, 0.2) is 52.8 Å². The SMILES string of the molecule is CCOC(=O)C1=C(C)NC(=O)N[C@H]1c1ccc(OCC(=O)N/N=C\c2ccc(O)c(I)c2)c(OC)c1. The van der Waals surface area contributed by atoms with Crippen molar-refractivity contribution >= 4 is 46.7 Å². The van der Waals surface area contributed by atoms with E-state index in [0.29, 0.717) is 26.1 Å². The number of amides is 3. The molecule has 2 aromatic rings. The van der Waals surface area contributed by atoms with Crippen LogP contribution < -0.4 is 25.5 Å². The number of carbonyl (C=O) groups is 3.